The molecule has 0 bridgehead atoms. The predicted molar refractivity (Wildman–Crippen MR) is 95.2 cm³/mol. The number of hydrogen-bond acceptors (Lipinski definition) is 4. The van der Waals surface area contributed by atoms with Crippen LogP contribution in [0.1, 0.15) is 31.2 Å². The zero-order valence-corrected chi connectivity index (χ0v) is 14.8. The van der Waals surface area contributed by atoms with Gasteiger partial charge in [0.1, 0.15) is 13.2 Å². The molecule has 2 unspecified atom stereocenters. The minimum Gasteiger partial charge on any atom is -0.486 e. The second kappa shape index (κ2) is 7.26. The number of fused-ring (bicyclic) bond motifs is 2. The Kier molecular flexibility index (Phi) is 4.86. The molecule has 1 aromatic rings. The van der Waals surface area contributed by atoms with Crippen LogP contribution in [0, 0.1) is 0 Å². The summed E-state index contributed by atoms with van der Waals surface area (Å²) in [6.45, 7) is 2.29. The highest BCUT2D eigenvalue weighted by Crippen LogP contribution is 2.38. The van der Waals surface area contributed by atoms with Gasteiger partial charge in [0.15, 0.2) is 11.5 Å². The molecule has 6 heteroatoms. The van der Waals surface area contributed by atoms with Crippen molar-refractivity contribution in [3.8, 4) is 11.5 Å². The van der Waals surface area contributed by atoms with Gasteiger partial charge in [-0.2, -0.15) is 0 Å². The van der Waals surface area contributed by atoms with Gasteiger partial charge in [0.05, 0.1) is 23.8 Å². The van der Waals surface area contributed by atoms with E-state index in [1.807, 2.05) is 11.0 Å². The molecule has 3 aliphatic rings. The number of morpholine rings is 1. The number of ether oxygens (including phenoxy) is 3. The zero-order chi connectivity index (χ0) is 17.2. The molecule has 1 saturated carbocycles. The van der Waals surface area contributed by atoms with E-state index in [9.17, 15) is 4.79 Å². The minimum atomic E-state index is 0.0335. The van der Waals surface area contributed by atoms with Crippen LogP contribution < -0.4 is 9.47 Å². The van der Waals surface area contributed by atoms with Crippen molar-refractivity contribution in [1.29, 1.82) is 0 Å². The van der Waals surface area contributed by atoms with E-state index in [4.69, 9.17) is 25.8 Å². The first-order valence-electron chi connectivity index (χ1n) is 8.92. The Balaban J connectivity index is 1.49. The van der Waals surface area contributed by atoms with Crippen molar-refractivity contribution in [3.63, 3.8) is 0 Å². The molecule has 4 rings (SSSR count). The van der Waals surface area contributed by atoms with Gasteiger partial charge in [-0.3, -0.25) is 4.79 Å². The molecule has 5 nitrogen and oxygen atoms in total. The molecule has 1 amide bonds. The first kappa shape index (κ1) is 16.7. The van der Waals surface area contributed by atoms with Crippen LogP contribution in [-0.4, -0.2) is 49.3 Å². The van der Waals surface area contributed by atoms with Crippen LogP contribution in [0.3, 0.4) is 0 Å². The molecule has 1 saturated heterocycles. The number of benzene rings is 1. The normalized spacial score (nSPS) is 25.7. The summed E-state index contributed by atoms with van der Waals surface area (Å²) in [5.41, 5.74) is 0.830. The van der Waals surface area contributed by atoms with E-state index in [1.165, 1.54) is 6.42 Å². The van der Waals surface area contributed by atoms with Gasteiger partial charge in [-0.1, -0.05) is 24.4 Å². The summed E-state index contributed by atoms with van der Waals surface area (Å²) < 4.78 is 16.9. The number of amides is 1. The van der Waals surface area contributed by atoms with Gasteiger partial charge in [-0.15, -0.1) is 0 Å². The van der Waals surface area contributed by atoms with Crippen LogP contribution in [0.5, 0.6) is 11.5 Å². The molecule has 2 fully saturated rings. The number of rotatable bonds is 2. The molecule has 2 heterocycles. The highest BCUT2D eigenvalue weighted by molar-refractivity contribution is 6.32. The number of nitrogens with zero attached hydrogens (tertiary/aromatic N) is 1. The van der Waals surface area contributed by atoms with E-state index in [2.05, 4.69) is 0 Å². The average molecular weight is 364 g/mol. The second-order valence-electron chi connectivity index (χ2n) is 6.65. The molecular weight excluding hydrogens is 342 g/mol. The Morgan fingerprint density at radius 2 is 2.00 bits per heavy atom. The molecule has 0 aromatic heterocycles. The molecule has 2 atom stereocenters. The maximum Gasteiger partial charge on any atom is 0.246 e. The third-order valence-electron chi connectivity index (χ3n) is 5.05. The molecule has 25 heavy (non-hydrogen) atoms. The van der Waals surface area contributed by atoms with E-state index in [1.54, 1.807) is 18.2 Å². The van der Waals surface area contributed by atoms with Gasteiger partial charge in [0.2, 0.25) is 5.91 Å². The number of carbonyl (C=O) groups is 1. The summed E-state index contributed by atoms with van der Waals surface area (Å²) in [7, 11) is 0. The predicted octanol–water partition coefficient (Wildman–Crippen LogP) is 3.29. The lowest BCUT2D eigenvalue weighted by molar-refractivity contribution is -0.144. The Labute approximate surface area is 152 Å². The highest BCUT2D eigenvalue weighted by Gasteiger charge is 2.35. The lowest BCUT2D eigenvalue weighted by atomic mass is 9.90. The molecule has 134 valence electrons. The van der Waals surface area contributed by atoms with E-state index < -0.39 is 0 Å². The van der Waals surface area contributed by atoms with E-state index in [0.29, 0.717) is 42.9 Å². The van der Waals surface area contributed by atoms with Crippen LogP contribution in [0.4, 0.5) is 0 Å². The average Bonchev–Trinajstić information content (AvgIpc) is 2.66. The highest BCUT2D eigenvalue weighted by atomic mass is 35.5. The number of halogens is 1. The second-order valence-corrected chi connectivity index (χ2v) is 7.06. The summed E-state index contributed by atoms with van der Waals surface area (Å²) in [6.07, 6.45) is 8.04. The van der Waals surface area contributed by atoms with Crippen molar-refractivity contribution < 1.29 is 19.0 Å². The smallest absolute Gasteiger partial charge is 0.246 e. The van der Waals surface area contributed by atoms with Crippen LogP contribution >= 0.6 is 11.6 Å². The first-order valence-corrected chi connectivity index (χ1v) is 9.29. The van der Waals surface area contributed by atoms with Gasteiger partial charge in [0, 0.05) is 12.6 Å². The monoisotopic (exact) mass is 363 g/mol. The molecule has 1 aromatic carbocycles. The zero-order valence-electron chi connectivity index (χ0n) is 14.1. The molecule has 0 radical (unpaired) electrons. The van der Waals surface area contributed by atoms with Crippen molar-refractivity contribution in [1.82, 2.24) is 4.90 Å². The summed E-state index contributed by atoms with van der Waals surface area (Å²) in [6, 6.07) is 3.86. The van der Waals surface area contributed by atoms with Crippen molar-refractivity contribution in [2.75, 3.05) is 26.4 Å². The maximum absolute atomic E-state index is 12.7. The summed E-state index contributed by atoms with van der Waals surface area (Å²) in [5, 5.41) is 0.503. The van der Waals surface area contributed by atoms with Crippen LogP contribution in [0.15, 0.2) is 18.2 Å². The molecular formula is C19H22ClNO4. The lowest BCUT2D eigenvalue weighted by Crippen LogP contribution is -2.54. The largest absolute Gasteiger partial charge is 0.486 e. The fourth-order valence-electron chi connectivity index (χ4n) is 3.86. The quantitative estimate of drug-likeness (QED) is 0.756. The van der Waals surface area contributed by atoms with E-state index in [-0.39, 0.29) is 18.1 Å². The van der Waals surface area contributed by atoms with Crippen molar-refractivity contribution >= 4 is 23.6 Å². The fourth-order valence-corrected chi connectivity index (χ4v) is 4.13. The van der Waals surface area contributed by atoms with Gasteiger partial charge < -0.3 is 19.1 Å². The van der Waals surface area contributed by atoms with Crippen LogP contribution in [0.2, 0.25) is 5.02 Å². The van der Waals surface area contributed by atoms with Crippen molar-refractivity contribution in [3.05, 3.63) is 28.8 Å². The Morgan fingerprint density at radius 1 is 1.16 bits per heavy atom. The molecule has 1 aliphatic carbocycles. The van der Waals surface area contributed by atoms with Crippen molar-refractivity contribution in [2.24, 2.45) is 0 Å². The fraction of sp³-hybridized carbons (Fsp3) is 0.526. The third-order valence-corrected chi connectivity index (χ3v) is 5.33. The first-order chi connectivity index (χ1) is 12.2. The maximum atomic E-state index is 12.7. The lowest BCUT2D eigenvalue weighted by Gasteiger charge is -2.43. The van der Waals surface area contributed by atoms with Crippen molar-refractivity contribution in [2.45, 2.75) is 37.8 Å². The van der Waals surface area contributed by atoms with Crippen LogP contribution in [-0.2, 0) is 9.53 Å². The molecule has 2 aliphatic heterocycles. The van der Waals surface area contributed by atoms with E-state index in [0.717, 1.165) is 24.8 Å². The topological polar surface area (TPSA) is 48.0 Å². The van der Waals surface area contributed by atoms with Gasteiger partial charge in [0.25, 0.3) is 0 Å². The Hall–Kier alpha value is -1.72. The van der Waals surface area contributed by atoms with E-state index >= 15 is 0 Å². The van der Waals surface area contributed by atoms with Gasteiger partial charge in [-0.05, 0) is 36.6 Å². The summed E-state index contributed by atoms with van der Waals surface area (Å²) in [5.74, 6) is 1.24. The van der Waals surface area contributed by atoms with Gasteiger partial charge in [-0.25, -0.2) is 0 Å². The standard InChI is InChI=1S/C19H22ClNO4/c20-14-11-13(12-17-19(14)25-10-9-24-17)5-6-18(22)21-7-8-23-16-4-2-1-3-15(16)21/h5-6,11-12,15-16H,1-4,7-10H2. The molecule has 0 N–H and O–H groups in total. The summed E-state index contributed by atoms with van der Waals surface area (Å²) in [4.78, 5) is 14.7. The van der Waals surface area contributed by atoms with Gasteiger partial charge >= 0.3 is 0 Å². The minimum absolute atomic E-state index is 0.0335. The summed E-state index contributed by atoms with van der Waals surface area (Å²) >= 11 is 6.25. The Bertz CT molecular complexity index is 688. The Morgan fingerprint density at radius 3 is 2.92 bits per heavy atom. The molecule has 0 spiro atoms. The number of carbonyl (C=O) groups excluding carboxylic acids is 1. The third kappa shape index (κ3) is 3.48. The number of hydrogen-bond donors (Lipinski definition) is 0. The van der Waals surface area contributed by atoms with Crippen LogP contribution in [0.25, 0.3) is 6.08 Å². The SMILES string of the molecule is O=C(C=Cc1cc(Cl)c2c(c1)OCCO2)N1CCOC2CCCCC21.